The van der Waals surface area contributed by atoms with Crippen molar-refractivity contribution in [3.05, 3.63) is 12.1 Å². The van der Waals surface area contributed by atoms with E-state index in [0.717, 1.165) is 24.4 Å². The first-order chi connectivity index (χ1) is 12.0. The molecule has 144 valence electrons. The molecule has 1 aromatic rings. The van der Waals surface area contributed by atoms with Gasteiger partial charge in [-0.15, -0.1) is 0 Å². The molecule has 0 saturated carbocycles. The second-order valence-electron chi connectivity index (χ2n) is 9.00. The van der Waals surface area contributed by atoms with Gasteiger partial charge in [0.05, 0.1) is 24.4 Å². The minimum atomic E-state index is -0.440. The van der Waals surface area contributed by atoms with E-state index >= 15 is 0 Å². The fraction of sp³-hybridized carbons (Fsp3) is 0.737. The number of pyridine rings is 1. The first kappa shape index (κ1) is 19.5. The van der Waals surface area contributed by atoms with Gasteiger partial charge in [0, 0.05) is 19.2 Å². The molecule has 2 saturated heterocycles. The highest BCUT2D eigenvalue weighted by molar-refractivity contribution is 6.62. The van der Waals surface area contributed by atoms with Crippen LogP contribution in [-0.4, -0.2) is 55.2 Å². The second kappa shape index (κ2) is 6.70. The maximum Gasteiger partial charge on any atom is 0.495 e. The van der Waals surface area contributed by atoms with Crippen molar-refractivity contribution in [3.63, 3.8) is 0 Å². The quantitative estimate of drug-likeness (QED) is 0.770. The molecule has 0 N–H and O–H groups in total. The molecule has 0 bridgehead atoms. The number of hydrogen-bond donors (Lipinski definition) is 0. The third-order valence-corrected chi connectivity index (χ3v) is 5.08. The van der Waals surface area contributed by atoms with Crippen LogP contribution in [0.1, 0.15) is 48.5 Å². The van der Waals surface area contributed by atoms with Crippen LogP contribution < -0.4 is 15.1 Å². The molecule has 7 heteroatoms. The lowest BCUT2D eigenvalue weighted by molar-refractivity contribution is 0.00578. The van der Waals surface area contributed by atoms with Gasteiger partial charge in [-0.3, -0.25) is 0 Å². The van der Waals surface area contributed by atoms with Gasteiger partial charge in [-0.05, 0) is 60.0 Å². The molecule has 3 heterocycles. The number of rotatable bonds is 3. The van der Waals surface area contributed by atoms with Crippen molar-refractivity contribution >= 4 is 18.4 Å². The zero-order valence-electron chi connectivity index (χ0n) is 17.1. The summed E-state index contributed by atoms with van der Waals surface area (Å²) in [5.74, 6) is 1.46. The maximum atomic E-state index is 6.23. The number of ether oxygens (including phenoxy) is 2. The van der Waals surface area contributed by atoms with Gasteiger partial charge in [-0.1, -0.05) is 0 Å². The lowest BCUT2D eigenvalue weighted by Crippen LogP contribution is -2.41. The summed E-state index contributed by atoms with van der Waals surface area (Å²) < 4.78 is 24.0. The van der Waals surface area contributed by atoms with Gasteiger partial charge < -0.3 is 23.7 Å². The average molecular weight is 362 g/mol. The molecular weight excluding hydrogens is 331 g/mol. The summed E-state index contributed by atoms with van der Waals surface area (Å²) >= 11 is 0. The Kier molecular flexibility index (Phi) is 5.01. The van der Waals surface area contributed by atoms with Crippen molar-refractivity contribution < 1.29 is 18.8 Å². The highest BCUT2D eigenvalue weighted by Gasteiger charge is 2.52. The first-order valence-electron chi connectivity index (χ1n) is 9.36. The third-order valence-electron chi connectivity index (χ3n) is 5.08. The smallest absolute Gasteiger partial charge is 0.472 e. The second-order valence-corrected chi connectivity index (χ2v) is 9.00. The summed E-state index contributed by atoms with van der Waals surface area (Å²) in [6.07, 6.45) is 0. The van der Waals surface area contributed by atoms with Crippen molar-refractivity contribution in [1.29, 1.82) is 0 Å². The van der Waals surface area contributed by atoms with Crippen LogP contribution in [0, 0.1) is 0 Å². The summed E-state index contributed by atoms with van der Waals surface area (Å²) in [5.41, 5.74) is -0.167. The number of morpholine rings is 1. The standard InChI is InChI=1S/C19H31BN2O4/c1-17(2,3)24-16-13-14(20-25-18(4,5)19(6,7)26-20)12-15(21-16)22-8-10-23-11-9-22/h12-13H,8-11H2,1-7H3. The molecule has 26 heavy (non-hydrogen) atoms. The number of aromatic nitrogens is 1. The lowest BCUT2D eigenvalue weighted by atomic mass is 9.79. The molecule has 0 aromatic carbocycles. The largest absolute Gasteiger partial charge is 0.495 e. The van der Waals surface area contributed by atoms with E-state index in [1.54, 1.807) is 0 Å². The Morgan fingerprint density at radius 3 is 2.15 bits per heavy atom. The Labute approximate surface area is 157 Å². The monoisotopic (exact) mass is 362 g/mol. The van der Waals surface area contributed by atoms with Gasteiger partial charge in [0.25, 0.3) is 0 Å². The Bertz CT molecular complexity index is 635. The first-order valence-corrected chi connectivity index (χ1v) is 9.36. The van der Waals surface area contributed by atoms with Crippen molar-refractivity contribution in [2.45, 2.75) is 65.3 Å². The number of anilines is 1. The van der Waals surface area contributed by atoms with E-state index in [0.29, 0.717) is 19.1 Å². The highest BCUT2D eigenvalue weighted by atomic mass is 16.7. The maximum absolute atomic E-state index is 6.23. The average Bonchev–Trinajstić information content (AvgIpc) is 2.74. The van der Waals surface area contributed by atoms with Crippen LogP contribution in [0.15, 0.2) is 12.1 Å². The summed E-state index contributed by atoms with van der Waals surface area (Å²) in [4.78, 5) is 6.94. The molecule has 3 rings (SSSR count). The third kappa shape index (κ3) is 4.16. The van der Waals surface area contributed by atoms with Gasteiger partial charge in [0.2, 0.25) is 5.88 Å². The zero-order chi connectivity index (χ0) is 19.2. The Balaban J connectivity index is 1.94. The van der Waals surface area contributed by atoms with Gasteiger partial charge in [0.15, 0.2) is 0 Å². The summed E-state index contributed by atoms with van der Waals surface area (Å²) in [6.45, 7) is 17.3. The van der Waals surface area contributed by atoms with Gasteiger partial charge in [-0.25, -0.2) is 0 Å². The fourth-order valence-electron chi connectivity index (χ4n) is 2.95. The van der Waals surface area contributed by atoms with Gasteiger partial charge in [0.1, 0.15) is 11.4 Å². The molecule has 0 atom stereocenters. The minimum absolute atomic E-state index is 0.330. The minimum Gasteiger partial charge on any atom is -0.472 e. The van der Waals surface area contributed by atoms with Crippen LogP contribution in [0.3, 0.4) is 0 Å². The van der Waals surface area contributed by atoms with Crippen LogP contribution >= 0.6 is 0 Å². The summed E-state index contributed by atoms with van der Waals surface area (Å²) in [6, 6.07) is 3.97. The van der Waals surface area contributed by atoms with Crippen molar-refractivity contribution in [3.8, 4) is 5.88 Å². The lowest BCUT2D eigenvalue weighted by Gasteiger charge is -2.32. The Hall–Kier alpha value is -1.31. The van der Waals surface area contributed by atoms with Crippen LogP contribution in [0.4, 0.5) is 5.82 Å². The van der Waals surface area contributed by atoms with Crippen LogP contribution in [0.5, 0.6) is 5.88 Å². The highest BCUT2D eigenvalue weighted by Crippen LogP contribution is 2.37. The molecular formula is C19H31BN2O4. The Morgan fingerprint density at radius 2 is 1.62 bits per heavy atom. The van der Waals surface area contributed by atoms with Crippen molar-refractivity contribution in [2.75, 3.05) is 31.2 Å². The summed E-state index contributed by atoms with van der Waals surface area (Å²) in [5, 5.41) is 0. The van der Waals surface area contributed by atoms with Crippen molar-refractivity contribution in [2.24, 2.45) is 0 Å². The predicted molar refractivity (Wildman–Crippen MR) is 103 cm³/mol. The van der Waals surface area contributed by atoms with Crippen LogP contribution in [-0.2, 0) is 14.0 Å². The predicted octanol–water partition coefficient (Wildman–Crippen LogP) is 2.39. The normalized spacial score (nSPS) is 22.6. The molecule has 6 nitrogen and oxygen atoms in total. The Morgan fingerprint density at radius 1 is 1.04 bits per heavy atom. The molecule has 2 fully saturated rings. The molecule has 0 amide bonds. The molecule has 2 aliphatic rings. The van der Waals surface area contributed by atoms with E-state index in [1.807, 2.05) is 32.9 Å². The molecule has 1 aromatic heterocycles. The summed E-state index contributed by atoms with van der Waals surface area (Å²) in [7, 11) is -0.440. The number of nitrogens with zero attached hydrogens (tertiary/aromatic N) is 2. The zero-order valence-corrected chi connectivity index (χ0v) is 17.1. The SMILES string of the molecule is CC(C)(C)Oc1cc(B2OC(C)(C)C(C)(C)O2)cc(N2CCOCC2)n1. The molecule has 0 aliphatic carbocycles. The fourth-order valence-corrected chi connectivity index (χ4v) is 2.95. The molecule has 0 spiro atoms. The van der Waals surface area contributed by atoms with E-state index in [1.165, 1.54) is 0 Å². The van der Waals surface area contributed by atoms with Gasteiger partial charge >= 0.3 is 7.12 Å². The van der Waals surface area contributed by atoms with Crippen LogP contribution in [0.2, 0.25) is 0 Å². The van der Waals surface area contributed by atoms with E-state index in [2.05, 4.69) is 32.6 Å². The van der Waals surface area contributed by atoms with E-state index < -0.39 is 7.12 Å². The topological polar surface area (TPSA) is 53.0 Å². The van der Waals surface area contributed by atoms with Crippen LogP contribution in [0.25, 0.3) is 0 Å². The molecule has 0 radical (unpaired) electrons. The van der Waals surface area contributed by atoms with Crippen molar-refractivity contribution in [1.82, 2.24) is 4.98 Å². The number of hydrogen-bond acceptors (Lipinski definition) is 6. The molecule has 0 unspecified atom stereocenters. The van der Waals surface area contributed by atoms with E-state index in [4.69, 9.17) is 23.8 Å². The van der Waals surface area contributed by atoms with E-state index in [9.17, 15) is 0 Å². The van der Waals surface area contributed by atoms with E-state index in [-0.39, 0.29) is 16.8 Å². The van der Waals surface area contributed by atoms with Gasteiger partial charge in [-0.2, -0.15) is 4.98 Å². The molecule has 2 aliphatic heterocycles.